The Hall–Kier alpha value is -0.970. The highest BCUT2D eigenvalue weighted by atomic mass is 16.5. The second-order valence-corrected chi connectivity index (χ2v) is 5.10. The second-order valence-electron chi connectivity index (χ2n) is 5.10. The zero-order valence-corrected chi connectivity index (χ0v) is 12.1. The van der Waals surface area contributed by atoms with E-state index < -0.39 is 0 Å². The molecule has 1 aromatic rings. The van der Waals surface area contributed by atoms with Crippen LogP contribution in [0.25, 0.3) is 0 Å². The van der Waals surface area contributed by atoms with Crippen LogP contribution in [0.4, 0.5) is 0 Å². The number of nitrogens with zero attached hydrogens (tertiary/aromatic N) is 2. The van der Waals surface area contributed by atoms with Gasteiger partial charge in [0.05, 0.1) is 18.0 Å². The minimum Gasteiger partial charge on any atom is -0.383 e. The van der Waals surface area contributed by atoms with E-state index in [1.807, 2.05) is 0 Å². The molecule has 4 heteroatoms. The molecule has 1 aliphatic carbocycles. The maximum atomic E-state index is 5.19. The van der Waals surface area contributed by atoms with E-state index in [0.29, 0.717) is 0 Å². The van der Waals surface area contributed by atoms with Crippen LogP contribution in [0, 0.1) is 0 Å². The van der Waals surface area contributed by atoms with E-state index >= 15 is 0 Å². The third kappa shape index (κ3) is 4.90. The Morgan fingerprint density at radius 1 is 1.37 bits per heavy atom. The Kier molecular flexibility index (Phi) is 5.76. The molecule has 1 heterocycles. The van der Waals surface area contributed by atoms with Crippen molar-refractivity contribution in [3.05, 3.63) is 29.6 Å². The summed E-state index contributed by atoms with van der Waals surface area (Å²) in [5.74, 6) is 0. The van der Waals surface area contributed by atoms with Gasteiger partial charge in [-0.1, -0.05) is 13.0 Å². The number of hydrogen-bond donors (Lipinski definition) is 1. The van der Waals surface area contributed by atoms with Gasteiger partial charge in [0, 0.05) is 32.8 Å². The summed E-state index contributed by atoms with van der Waals surface area (Å²) in [4.78, 5) is 7.21. The number of ether oxygens (including phenoxy) is 1. The summed E-state index contributed by atoms with van der Waals surface area (Å²) < 4.78 is 5.19. The average Bonchev–Trinajstić information content (AvgIpc) is 3.26. The monoisotopic (exact) mass is 263 g/mol. The largest absolute Gasteiger partial charge is 0.383 e. The molecule has 1 aliphatic rings. The molecule has 2 rings (SSSR count). The zero-order valence-electron chi connectivity index (χ0n) is 12.1. The van der Waals surface area contributed by atoms with E-state index in [9.17, 15) is 0 Å². The fourth-order valence-electron chi connectivity index (χ4n) is 2.22. The van der Waals surface area contributed by atoms with Crippen LogP contribution in [0.3, 0.4) is 0 Å². The van der Waals surface area contributed by atoms with Crippen molar-refractivity contribution in [2.75, 3.05) is 26.8 Å². The van der Waals surface area contributed by atoms with Crippen molar-refractivity contribution in [2.45, 2.75) is 38.9 Å². The predicted octanol–water partition coefficient (Wildman–Crippen LogP) is 1.80. The SMILES string of the molecule is CCNCc1cccc(CN(CCOC)C2CC2)n1. The van der Waals surface area contributed by atoms with Crippen LogP contribution in [0.1, 0.15) is 31.2 Å². The molecule has 0 aromatic carbocycles. The summed E-state index contributed by atoms with van der Waals surface area (Å²) in [7, 11) is 1.76. The Morgan fingerprint density at radius 2 is 2.16 bits per heavy atom. The van der Waals surface area contributed by atoms with Gasteiger partial charge < -0.3 is 10.1 Å². The molecule has 19 heavy (non-hydrogen) atoms. The van der Waals surface area contributed by atoms with Gasteiger partial charge in [0.2, 0.25) is 0 Å². The summed E-state index contributed by atoms with van der Waals surface area (Å²) in [6.45, 7) is 6.69. The minimum atomic E-state index is 0.745. The Morgan fingerprint density at radius 3 is 2.84 bits per heavy atom. The van der Waals surface area contributed by atoms with Crippen molar-refractivity contribution < 1.29 is 4.74 Å². The van der Waals surface area contributed by atoms with Gasteiger partial charge >= 0.3 is 0 Å². The number of nitrogens with one attached hydrogen (secondary N) is 1. The molecule has 106 valence electrons. The number of hydrogen-bond acceptors (Lipinski definition) is 4. The Balaban J connectivity index is 1.92. The van der Waals surface area contributed by atoms with Gasteiger partial charge in [-0.05, 0) is 31.5 Å². The highest BCUT2D eigenvalue weighted by molar-refractivity contribution is 5.11. The first-order chi connectivity index (χ1) is 9.33. The lowest BCUT2D eigenvalue weighted by molar-refractivity contribution is 0.139. The first-order valence-electron chi connectivity index (χ1n) is 7.22. The van der Waals surface area contributed by atoms with Crippen molar-refractivity contribution in [2.24, 2.45) is 0 Å². The molecule has 1 N–H and O–H groups in total. The lowest BCUT2D eigenvalue weighted by Gasteiger charge is -2.21. The smallest absolute Gasteiger partial charge is 0.0589 e. The van der Waals surface area contributed by atoms with Crippen molar-refractivity contribution in [1.29, 1.82) is 0 Å². The molecule has 1 saturated carbocycles. The highest BCUT2D eigenvalue weighted by Crippen LogP contribution is 2.27. The van der Waals surface area contributed by atoms with Gasteiger partial charge in [0.15, 0.2) is 0 Å². The van der Waals surface area contributed by atoms with Gasteiger partial charge in [-0.2, -0.15) is 0 Å². The van der Waals surface area contributed by atoms with Gasteiger partial charge in [0.1, 0.15) is 0 Å². The first-order valence-corrected chi connectivity index (χ1v) is 7.22. The minimum absolute atomic E-state index is 0.745. The number of rotatable bonds is 9. The molecule has 0 saturated heterocycles. The molecule has 1 fully saturated rings. The lowest BCUT2D eigenvalue weighted by atomic mass is 10.2. The Bertz CT molecular complexity index is 379. The summed E-state index contributed by atoms with van der Waals surface area (Å²) in [5.41, 5.74) is 2.29. The van der Waals surface area contributed by atoms with Crippen molar-refractivity contribution in [1.82, 2.24) is 15.2 Å². The second kappa shape index (κ2) is 7.58. The summed E-state index contributed by atoms with van der Waals surface area (Å²) in [6.07, 6.45) is 2.64. The fraction of sp³-hybridized carbons (Fsp3) is 0.667. The van der Waals surface area contributed by atoms with E-state index in [2.05, 4.69) is 35.3 Å². The molecule has 0 aliphatic heterocycles. The van der Waals surface area contributed by atoms with Crippen molar-refractivity contribution in [3.63, 3.8) is 0 Å². The molecule has 0 bridgehead atoms. The molecule has 1 aromatic heterocycles. The maximum absolute atomic E-state index is 5.19. The van der Waals surface area contributed by atoms with Crippen LogP contribution in [0.2, 0.25) is 0 Å². The van der Waals surface area contributed by atoms with Crippen LogP contribution in [-0.4, -0.2) is 42.7 Å². The topological polar surface area (TPSA) is 37.4 Å². The molecule has 4 nitrogen and oxygen atoms in total. The van der Waals surface area contributed by atoms with Crippen molar-refractivity contribution in [3.8, 4) is 0 Å². The molecule has 0 spiro atoms. The quantitative estimate of drug-likeness (QED) is 0.737. The van der Waals surface area contributed by atoms with E-state index in [1.54, 1.807) is 7.11 Å². The van der Waals surface area contributed by atoms with Gasteiger partial charge in [-0.15, -0.1) is 0 Å². The number of aromatic nitrogens is 1. The fourth-order valence-corrected chi connectivity index (χ4v) is 2.22. The zero-order chi connectivity index (χ0) is 13.5. The van der Waals surface area contributed by atoms with Gasteiger partial charge in [-0.3, -0.25) is 9.88 Å². The maximum Gasteiger partial charge on any atom is 0.0589 e. The molecular weight excluding hydrogens is 238 g/mol. The van der Waals surface area contributed by atoms with E-state index in [0.717, 1.165) is 44.5 Å². The van der Waals surface area contributed by atoms with Gasteiger partial charge in [0.25, 0.3) is 0 Å². The molecule has 0 amide bonds. The predicted molar refractivity (Wildman–Crippen MR) is 76.9 cm³/mol. The standard InChI is InChI=1S/C15H25N3O/c1-3-16-11-13-5-4-6-14(17-13)12-18(9-10-19-2)15-7-8-15/h4-6,15-16H,3,7-12H2,1-2H3. The van der Waals surface area contributed by atoms with Crippen LogP contribution >= 0.6 is 0 Å². The number of pyridine rings is 1. The molecule has 0 atom stereocenters. The van der Waals surface area contributed by atoms with Crippen LogP contribution in [0.15, 0.2) is 18.2 Å². The van der Waals surface area contributed by atoms with Crippen LogP contribution < -0.4 is 5.32 Å². The Labute approximate surface area is 116 Å². The van der Waals surface area contributed by atoms with Crippen LogP contribution in [-0.2, 0) is 17.8 Å². The summed E-state index contributed by atoms with van der Waals surface area (Å²) >= 11 is 0. The molecular formula is C15H25N3O. The normalized spacial score (nSPS) is 15.1. The van der Waals surface area contributed by atoms with Crippen LogP contribution in [0.5, 0.6) is 0 Å². The highest BCUT2D eigenvalue weighted by Gasteiger charge is 2.28. The third-order valence-corrected chi connectivity index (χ3v) is 3.43. The van der Waals surface area contributed by atoms with E-state index in [-0.39, 0.29) is 0 Å². The lowest BCUT2D eigenvalue weighted by Crippen LogP contribution is -2.29. The van der Waals surface area contributed by atoms with E-state index in [1.165, 1.54) is 18.5 Å². The average molecular weight is 263 g/mol. The van der Waals surface area contributed by atoms with E-state index in [4.69, 9.17) is 9.72 Å². The number of methoxy groups -OCH3 is 1. The summed E-state index contributed by atoms with van der Waals surface area (Å²) in [5, 5.41) is 3.32. The van der Waals surface area contributed by atoms with Gasteiger partial charge in [-0.25, -0.2) is 0 Å². The third-order valence-electron chi connectivity index (χ3n) is 3.43. The van der Waals surface area contributed by atoms with Crippen molar-refractivity contribution >= 4 is 0 Å². The first kappa shape index (κ1) is 14.4. The molecule has 0 radical (unpaired) electrons. The summed E-state index contributed by atoms with van der Waals surface area (Å²) in [6, 6.07) is 7.06. The molecule has 0 unspecified atom stereocenters.